The number of anilines is 2. The number of halogens is 1. The molecule has 0 fully saturated rings. The zero-order chi connectivity index (χ0) is 19.4. The molecule has 2 aromatic heterocycles. The average Bonchev–Trinajstić information content (AvgIpc) is 3.28. The Morgan fingerprint density at radius 2 is 2.04 bits per heavy atom. The van der Waals surface area contributed by atoms with Crippen molar-refractivity contribution in [3.05, 3.63) is 52.2 Å². The van der Waals surface area contributed by atoms with Crippen LogP contribution in [0.25, 0.3) is 10.8 Å². The predicted octanol–water partition coefficient (Wildman–Crippen LogP) is 4.89. The number of benzene rings is 1. The number of hydrogen-bond donors (Lipinski definition) is 2. The summed E-state index contributed by atoms with van der Waals surface area (Å²) in [6.45, 7) is 3.54. The van der Waals surface area contributed by atoms with Gasteiger partial charge in [0.25, 0.3) is 0 Å². The van der Waals surface area contributed by atoms with Gasteiger partial charge in [-0.2, -0.15) is 0 Å². The molecule has 140 valence electrons. The van der Waals surface area contributed by atoms with Crippen molar-refractivity contribution in [1.29, 1.82) is 0 Å². The molecule has 2 amide bonds. The van der Waals surface area contributed by atoms with Crippen LogP contribution in [0.3, 0.4) is 0 Å². The molecule has 0 aliphatic heterocycles. The molecule has 2 N–H and O–H groups in total. The lowest BCUT2D eigenvalue weighted by Crippen LogP contribution is -2.16. The molecule has 3 rings (SSSR count). The Morgan fingerprint density at radius 3 is 2.74 bits per heavy atom. The summed E-state index contributed by atoms with van der Waals surface area (Å²) in [5.74, 6) is 0.718. The first-order valence-corrected chi connectivity index (χ1v) is 9.61. The molecule has 0 aliphatic rings. The van der Waals surface area contributed by atoms with Crippen molar-refractivity contribution in [2.24, 2.45) is 0 Å². The molecular formula is C19H18ClN3O3S. The molecule has 27 heavy (non-hydrogen) atoms. The van der Waals surface area contributed by atoms with Crippen LogP contribution < -0.4 is 10.6 Å². The number of carbonyl (C=O) groups excluding carboxylic acids is 2. The van der Waals surface area contributed by atoms with Crippen LogP contribution in [-0.2, 0) is 16.0 Å². The zero-order valence-corrected chi connectivity index (χ0v) is 16.4. The molecule has 0 spiro atoms. The van der Waals surface area contributed by atoms with Crippen LogP contribution in [0.15, 0.2) is 40.1 Å². The van der Waals surface area contributed by atoms with E-state index in [2.05, 4.69) is 15.6 Å². The molecular weight excluding hydrogens is 386 g/mol. The molecule has 1 aromatic carbocycles. The number of oxazole rings is 1. The van der Waals surface area contributed by atoms with Gasteiger partial charge in [0.15, 0.2) is 0 Å². The second-order valence-corrected chi connectivity index (χ2v) is 7.18. The Balaban J connectivity index is 1.71. The summed E-state index contributed by atoms with van der Waals surface area (Å²) in [6, 6.07) is 8.76. The van der Waals surface area contributed by atoms with E-state index >= 15 is 0 Å². The summed E-state index contributed by atoms with van der Waals surface area (Å²) in [4.78, 5) is 29.3. The largest absolute Gasteiger partial charge is 0.440 e. The van der Waals surface area contributed by atoms with Gasteiger partial charge in [0.1, 0.15) is 5.76 Å². The average molecular weight is 404 g/mol. The molecule has 2 heterocycles. The third-order valence-corrected chi connectivity index (χ3v) is 4.99. The number of aromatic nitrogens is 1. The van der Waals surface area contributed by atoms with Crippen molar-refractivity contribution in [1.82, 2.24) is 4.98 Å². The quantitative estimate of drug-likeness (QED) is 0.613. The van der Waals surface area contributed by atoms with E-state index in [1.165, 1.54) is 11.3 Å². The molecule has 0 atom stereocenters. The van der Waals surface area contributed by atoms with Crippen LogP contribution >= 0.6 is 22.9 Å². The van der Waals surface area contributed by atoms with Gasteiger partial charge in [-0.05, 0) is 36.6 Å². The highest BCUT2D eigenvalue weighted by Crippen LogP contribution is 2.28. The number of rotatable bonds is 6. The van der Waals surface area contributed by atoms with Gasteiger partial charge in [0.05, 0.1) is 27.7 Å². The fourth-order valence-electron chi connectivity index (χ4n) is 2.39. The summed E-state index contributed by atoms with van der Waals surface area (Å²) in [5, 5.41) is 7.82. The number of nitrogens with one attached hydrogen (secondary N) is 2. The van der Waals surface area contributed by atoms with Gasteiger partial charge in [-0.25, -0.2) is 4.98 Å². The van der Waals surface area contributed by atoms with E-state index in [-0.39, 0.29) is 18.2 Å². The Hall–Kier alpha value is -2.64. The van der Waals surface area contributed by atoms with Crippen molar-refractivity contribution < 1.29 is 14.0 Å². The first kappa shape index (κ1) is 19.1. The van der Waals surface area contributed by atoms with Crippen molar-refractivity contribution in [2.45, 2.75) is 26.7 Å². The Kier molecular flexibility index (Phi) is 5.93. The van der Waals surface area contributed by atoms with Gasteiger partial charge in [0, 0.05) is 12.1 Å². The maximum absolute atomic E-state index is 12.4. The Bertz CT molecular complexity index is 967. The highest BCUT2D eigenvalue weighted by Gasteiger charge is 2.16. The molecule has 6 nitrogen and oxygen atoms in total. The van der Waals surface area contributed by atoms with E-state index in [1.807, 2.05) is 17.5 Å². The van der Waals surface area contributed by atoms with Crippen LogP contribution in [0.4, 0.5) is 11.4 Å². The zero-order valence-electron chi connectivity index (χ0n) is 14.8. The van der Waals surface area contributed by atoms with Crippen LogP contribution in [0.5, 0.6) is 0 Å². The molecule has 3 aromatic rings. The van der Waals surface area contributed by atoms with Gasteiger partial charge in [0.2, 0.25) is 17.7 Å². The second kappa shape index (κ2) is 8.37. The second-order valence-electron chi connectivity index (χ2n) is 5.82. The lowest BCUT2D eigenvalue weighted by atomic mass is 10.2. The normalized spacial score (nSPS) is 10.6. The third-order valence-electron chi connectivity index (χ3n) is 3.80. The fourth-order valence-corrected chi connectivity index (χ4v) is 3.21. The van der Waals surface area contributed by atoms with Gasteiger partial charge in [-0.1, -0.05) is 24.6 Å². The number of nitrogens with zero attached hydrogens (tertiary/aromatic N) is 1. The first-order valence-electron chi connectivity index (χ1n) is 8.35. The van der Waals surface area contributed by atoms with Crippen LogP contribution in [-0.4, -0.2) is 16.8 Å². The summed E-state index contributed by atoms with van der Waals surface area (Å²) >= 11 is 7.68. The number of amides is 2. The highest BCUT2D eigenvalue weighted by molar-refractivity contribution is 7.13. The summed E-state index contributed by atoms with van der Waals surface area (Å²) in [6.07, 6.45) is 0.422. The topological polar surface area (TPSA) is 84.2 Å². The standard InChI is InChI=1S/C19H18ClN3O3S/c1-3-17(24)21-12-6-7-13(20)15(9-12)22-18(25)10-14-11(2)26-19(23-14)16-5-4-8-27-16/h4-9H,3,10H2,1-2H3,(H,21,24)(H,22,25). The lowest BCUT2D eigenvalue weighted by Gasteiger charge is -2.10. The molecule has 0 radical (unpaired) electrons. The molecule has 0 saturated heterocycles. The van der Waals surface area contributed by atoms with E-state index in [4.69, 9.17) is 16.0 Å². The van der Waals surface area contributed by atoms with Gasteiger partial charge in [-0.3, -0.25) is 9.59 Å². The smallest absolute Gasteiger partial charge is 0.236 e. The van der Waals surface area contributed by atoms with E-state index in [0.717, 1.165) is 4.88 Å². The number of hydrogen-bond acceptors (Lipinski definition) is 5. The minimum absolute atomic E-state index is 0.0581. The highest BCUT2D eigenvalue weighted by atomic mass is 35.5. The van der Waals surface area contributed by atoms with Crippen LogP contribution in [0, 0.1) is 6.92 Å². The maximum Gasteiger partial charge on any atom is 0.236 e. The SMILES string of the molecule is CCC(=O)Nc1ccc(Cl)c(NC(=O)Cc2nc(-c3cccs3)oc2C)c1. The lowest BCUT2D eigenvalue weighted by molar-refractivity contribution is -0.116. The molecule has 0 unspecified atom stereocenters. The minimum atomic E-state index is -0.273. The van der Waals surface area contributed by atoms with E-state index in [1.54, 1.807) is 32.0 Å². The first-order chi connectivity index (χ1) is 13.0. The molecule has 0 saturated carbocycles. The van der Waals surface area contributed by atoms with E-state index in [0.29, 0.717) is 40.2 Å². The van der Waals surface area contributed by atoms with Crippen molar-refractivity contribution in [2.75, 3.05) is 10.6 Å². The van der Waals surface area contributed by atoms with Crippen LogP contribution in [0.1, 0.15) is 24.8 Å². The summed E-state index contributed by atoms with van der Waals surface area (Å²) in [5.41, 5.74) is 1.57. The monoisotopic (exact) mass is 403 g/mol. The number of thiophene rings is 1. The summed E-state index contributed by atoms with van der Waals surface area (Å²) in [7, 11) is 0. The summed E-state index contributed by atoms with van der Waals surface area (Å²) < 4.78 is 5.65. The number of aryl methyl sites for hydroxylation is 1. The van der Waals surface area contributed by atoms with Crippen molar-refractivity contribution in [3.63, 3.8) is 0 Å². The minimum Gasteiger partial charge on any atom is -0.440 e. The Morgan fingerprint density at radius 1 is 1.22 bits per heavy atom. The Labute approximate surface area is 165 Å². The van der Waals surface area contributed by atoms with E-state index in [9.17, 15) is 9.59 Å². The predicted molar refractivity (Wildman–Crippen MR) is 107 cm³/mol. The van der Waals surface area contributed by atoms with Gasteiger partial charge < -0.3 is 15.1 Å². The molecule has 0 bridgehead atoms. The van der Waals surface area contributed by atoms with Gasteiger partial charge in [-0.15, -0.1) is 11.3 Å². The third kappa shape index (κ3) is 4.75. The van der Waals surface area contributed by atoms with Crippen molar-refractivity contribution >= 4 is 46.1 Å². The molecule has 0 aliphatic carbocycles. The number of carbonyl (C=O) groups is 2. The van der Waals surface area contributed by atoms with Crippen molar-refractivity contribution in [3.8, 4) is 10.8 Å². The fraction of sp³-hybridized carbons (Fsp3) is 0.211. The van der Waals surface area contributed by atoms with Gasteiger partial charge >= 0.3 is 0 Å². The van der Waals surface area contributed by atoms with Crippen LogP contribution in [0.2, 0.25) is 5.02 Å². The van der Waals surface area contributed by atoms with E-state index < -0.39 is 0 Å². The maximum atomic E-state index is 12.4. The molecule has 8 heteroatoms.